The lowest BCUT2D eigenvalue weighted by Gasteiger charge is -2.11. The van der Waals surface area contributed by atoms with E-state index in [0.29, 0.717) is 10.8 Å². The molecule has 0 atom stereocenters. The van der Waals surface area contributed by atoms with Gasteiger partial charge in [-0.2, -0.15) is 0 Å². The molecule has 6 nitrogen and oxygen atoms in total. The minimum absolute atomic E-state index is 0.0432. The van der Waals surface area contributed by atoms with Gasteiger partial charge in [-0.15, -0.1) is 11.3 Å². The smallest absolute Gasteiger partial charge is 0.321 e. The Morgan fingerprint density at radius 3 is 2.59 bits per heavy atom. The SMILES string of the molecule is O=C(Cc1csc(NC(=O)NC2CCCC2)n1)NCc1c(F)cccc1F. The van der Waals surface area contributed by atoms with Crippen LogP contribution in [-0.4, -0.2) is 23.0 Å². The van der Waals surface area contributed by atoms with Gasteiger partial charge >= 0.3 is 6.03 Å². The van der Waals surface area contributed by atoms with E-state index in [0.717, 1.165) is 37.8 Å². The second-order valence-electron chi connectivity index (χ2n) is 6.38. The van der Waals surface area contributed by atoms with E-state index in [2.05, 4.69) is 20.9 Å². The zero-order valence-electron chi connectivity index (χ0n) is 14.6. The number of thiazole rings is 1. The van der Waals surface area contributed by atoms with Crippen LogP contribution in [0.15, 0.2) is 23.6 Å². The number of aromatic nitrogens is 1. The highest BCUT2D eigenvalue weighted by Crippen LogP contribution is 2.19. The molecule has 0 saturated heterocycles. The molecule has 1 fully saturated rings. The second kappa shape index (κ2) is 8.90. The number of nitrogens with zero attached hydrogens (tertiary/aromatic N) is 1. The van der Waals surface area contributed by atoms with Crippen LogP contribution < -0.4 is 16.0 Å². The van der Waals surface area contributed by atoms with Gasteiger partial charge in [-0.05, 0) is 25.0 Å². The third kappa shape index (κ3) is 5.46. The van der Waals surface area contributed by atoms with Gasteiger partial charge in [-0.1, -0.05) is 18.9 Å². The molecule has 1 aliphatic rings. The monoisotopic (exact) mass is 394 g/mol. The Bertz CT molecular complexity index is 801. The molecule has 9 heteroatoms. The van der Waals surface area contributed by atoms with Crippen LogP contribution in [0.1, 0.15) is 36.9 Å². The van der Waals surface area contributed by atoms with Crippen molar-refractivity contribution in [2.75, 3.05) is 5.32 Å². The molecule has 144 valence electrons. The first-order valence-corrected chi connectivity index (χ1v) is 9.60. The predicted molar refractivity (Wildman–Crippen MR) is 98.4 cm³/mol. The van der Waals surface area contributed by atoms with E-state index in [1.807, 2.05) is 0 Å². The van der Waals surface area contributed by atoms with Gasteiger partial charge in [0.2, 0.25) is 5.91 Å². The van der Waals surface area contributed by atoms with Crippen molar-refractivity contribution in [2.45, 2.75) is 44.7 Å². The molecule has 3 rings (SSSR count). The van der Waals surface area contributed by atoms with Crippen molar-refractivity contribution in [2.24, 2.45) is 0 Å². The van der Waals surface area contributed by atoms with Gasteiger partial charge in [-0.25, -0.2) is 18.6 Å². The Labute approximate surface area is 159 Å². The zero-order chi connectivity index (χ0) is 19.2. The lowest BCUT2D eigenvalue weighted by atomic mass is 10.2. The Kier molecular flexibility index (Phi) is 6.33. The van der Waals surface area contributed by atoms with Gasteiger partial charge in [0.1, 0.15) is 11.6 Å². The summed E-state index contributed by atoms with van der Waals surface area (Å²) >= 11 is 1.21. The summed E-state index contributed by atoms with van der Waals surface area (Å²) in [5, 5.41) is 10.1. The highest BCUT2D eigenvalue weighted by molar-refractivity contribution is 7.13. The third-order valence-corrected chi connectivity index (χ3v) is 5.13. The number of anilines is 1. The number of halogens is 2. The van der Waals surface area contributed by atoms with E-state index in [1.165, 1.54) is 17.4 Å². The summed E-state index contributed by atoms with van der Waals surface area (Å²) in [4.78, 5) is 28.1. The summed E-state index contributed by atoms with van der Waals surface area (Å²) in [6.07, 6.45) is 4.17. The number of amides is 3. The molecule has 0 radical (unpaired) electrons. The molecule has 1 aromatic carbocycles. The van der Waals surface area contributed by atoms with Crippen LogP contribution in [0.5, 0.6) is 0 Å². The van der Waals surface area contributed by atoms with Crippen molar-refractivity contribution in [3.8, 4) is 0 Å². The molecule has 3 amide bonds. The predicted octanol–water partition coefficient (Wildman–Crippen LogP) is 3.34. The molecular weight excluding hydrogens is 374 g/mol. The van der Waals surface area contributed by atoms with Crippen LogP contribution >= 0.6 is 11.3 Å². The number of rotatable bonds is 6. The van der Waals surface area contributed by atoms with E-state index >= 15 is 0 Å². The minimum Gasteiger partial charge on any atom is -0.351 e. The highest BCUT2D eigenvalue weighted by Gasteiger charge is 2.18. The molecule has 0 aliphatic heterocycles. The first-order valence-electron chi connectivity index (χ1n) is 8.73. The Morgan fingerprint density at radius 1 is 1.19 bits per heavy atom. The Hall–Kier alpha value is -2.55. The van der Waals surface area contributed by atoms with Gasteiger partial charge in [0.15, 0.2) is 5.13 Å². The topological polar surface area (TPSA) is 83.1 Å². The molecule has 1 saturated carbocycles. The van der Waals surface area contributed by atoms with Crippen LogP contribution in [0.4, 0.5) is 18.7 Å². The van der Waals surface area contributed by atoms with Crippen molar-refractivity contribution in [1.29, 1.82) is 0 Å². The lowest BCUT2D eigenvalue weighted by Crippen LogP contribution is -2.36. The number of hydrogen-bond donors (Lipinski definition) is 3. The maximum atomic E-state index is 13.6. The van der Waals surface area contributed by atoms with Gasteiger partial charge < -0.3 is 10.6 Å². The van der Waals surface area contributed by atoms with E-state index in [-0.39, 0.29) is 30.6 Å². The summed E-state index contributed by atoms with van der Waals surface area (Å²) < 4.78 is 27.1. The fourth-order valence-corrected chi connectivity index (χ4v) is 3.65. The molecule has 1 heterocycles. The molecule has 27 heavy (non-hydrogen) atoms. The molecule has 2 aromatic rings. The van der Waals surface area contributed by atoms with Gasteiger partial charge in [0.05, 0.1) is 12.1 Å². The quantitative estimate of drug-likeness (QED) is 0.703. The number of urea groups is 1. The lowest BCUT2D eigenvalue weighted by molar-refractivity contribution is -0.120. The summed E-state index contributed by atoms with van der Waals surface area (Å²) in [5.74, 6) is -1.82. The number of carbonyl (C=O) groups excluding carboxylic acids is 2. The first-order chi connectivity index (χ1) is 13.0. The van der Waals surface area contributed by atoms with Crippen molar-refractivity contribution >= 4 is 28.4 Å². The summed E-state index contributed by atoms with van der Waals surface area (Å²) in [6.45, 7) is -0.240. The number of hydrogen-bond acceptors (Lipinski definition) is 4. The average Bonchev–Trinajstić information content (AvgIpc) is 3.26. The molecule has 1 aromatic heterocycles. The summed E-state index contributed by atoms with van der Waals surface area (Å²) in [6, 6.07) is 3.44. The van der Waals surface area contributed by atoms with Crippen molar-refractivity contribution in [1.82, 2.24) is 15.6 Å². The number of benzene rings is 1. The standard InChI is InChI=1S/C18H20F2N4O2S/c19-14-6-3-7-15(20)13(14)9-21-16(25)8-12-10-27-18(23-12)24-17(26)22-11-4-1-2-5-11/h3,6-7,10-11H,1-2,4-5,8-9H2,(H,21,25)(H2,22,23,24,26). The molecule has 0 bridgehead atoms. The fourth-order valence-electron chi connectivity index (χ4n) is 2.95. The number of nitrogens with one attached hydrogen (secondary N) is 3. The summed E-state index contributed by atoms with van der Waals surface area (Å²) in [7, 11) is 0. The maximum absolute atomic E-state index is 13.6. The van der Waals surface area contributed by atoms with Gasteiger partial charge in [0, 0.05) is 23.5 Å². The number of carbonyl (C=O) groups is 2. The van der Waals surface area contributed by atoms with E-state index < -0.39 is 17.5 Å². The molecule has 1 aliphatic carbocycles. The van der Waals surface area contributed by atoms with Crippen LogP contribution in [0.2, 0.25) is 0 Å². The largest absolute Gasteiger partial charge is 0.351 e. The van der Waals surface area contributed by atoms with Gasteiger partial charge in [0.25, 0.3) is 0 Å². The molecule has 3 N–H and O–H groups in total. The summed E-state index contributed by atoms with van der Waals surface area (Å²) in [5.41, 5.74) is 0.290. The average molecular weight is 394 g/mol. The second-order valence-corrected chi connectivity index (χ2v) is 7.24. The fraction of sp³-hybridized carbons (Fsp3) is 0.389. The third-order valence-electron chi connectivity index (χ3n) is 4.33. The van der Waals surface area contributed by atoms with Crippen LogP contribution in [0.25, 0.3) is 0 Å². The van der Waals surface area contributed by atoms with Crippen LogP contribution in [0, 0.1) is 11.6 Å². The van der Waals surface area contributed by atoms with Gasteiger partial charge in [-0.3, -0.25) is 10.1 Å². The molecule has 0 unspecified atom stereocenters. The van der Waals surface area contributed by atoms with Crippen LogP contribution in [0.3, 0.4) is 0 Å². The minimum atomic E-state index is -0.705. The van der Waals surface area contributed by atoms with Crippen molar-refractivity contribution in [3.63, 3.8) is 0 Å². The Morgan fingerprint density at radius 2 is 1.89 bits per heavy atom. The van der Waals surface area contributed by atoms with Crippen molar-refractivity contribution in [3.05, 3.63) is 46.5 Å². The van der Waals surface area contributed by atoms with Crippen LogP contribution in [-0.2, 0) is 17.8 Å². The van der Waals surface area contributed by atoms with Crippen molar-refractivity contribution < 1.29 is 18.4 Å². The maximum Gasteiger partial charge on any atom is 0.321 e. The van der Waals surface area contributed by atoms with E-state index in [1.54, 1.807) is 5.38 Å². The molecular formula is C18H20F2N4O2S. The zero-order valence-corrected chi connectivity index (χ0v) is 15.4. The normalized spacial score (nSPS) is 14.1. The van der Waals surface area contributed by atoms with E-state index in [4.69, 9.17) is 0 Å². The van der Waals surface area contributed by atoms with E-state index in [9.17, 15) is 18.4 Å². The molecule has 0 spiro atoms. The highest BCUT2D eigenvalue weighted by atomic mass is 32.1. The first kappa shape index (κ1) is 19.2. The Balaban J connectivity index is 1.46.